The average molecular weight is 257 g/mol. The summed E-state index contributed by atoms with van der Waals surface area (Å²) in [5, 5.41) is 2.32. The Labute approximate surface area is 103 Å². The zero-order valence-corrected chi connectivity index (χ0v) is 9.83. The standard InChI is InChI=1S/C12H13F2NO3/c1-2-18-12(17)7-15-11(16)6-8-3-4-9(13)10(14)5-8/h3-5H,2,6-7H2,1H3,(H,15,16). The molecule has 1 aromatic carbocycles. The highest BCUT2D eigenvalue weighted by Gasteiger charge is 2.09. The summed E-state index contributed by atoms with van der Waals surface area (Å²) in [7, 11) is 0. The number of esters is 1. The van der Waals surface area contributed by atoms with Crippen LogP contribution in [0.3, 0.4) is 0 Å². The van der Waals surface area contributed by atoms with Gasteiger partial charge in [-0.3, -0.25) is 9.59 Å². The summed E-state index contributed by atoms with van der Waals surface area (Å²) < 4.78 is 30.1. The summed E-state index contributed by atoms with van der Waals surface area (Å²) in [6.07, 6.45) is -0.128. The summed E-state index contributed by atoms with van der Waals surface area (Å²) in [5.74, 6) is -2.98. The molecule has 0 bridgehead atoms. The minimum absolute atomic E-state index is 0.128. The van der Waals surface area contributed by atoms with E-state index in [1.165, 1.54) is 6.07 Å². The van der Waals surface area contributed by atoms with Gasteiger partial charge in [-0.15, -0.1) is 0 Å². The van der Waals surface area contributed by atoms with E-state index in [0.717, 1.165) is 12.1 Å². The van der Waals surface area contributed by atoms with Crippen molar-refractivity contribution in [3.8, 4) is 0 Å². The Bertz CT molecular complexity index is 449. The van der Waals surface area contributed by atoms with E-state index in [4.69, 9.17) is 0 Å². The first-order chi connectivity index (χ1) is 8.52. The molecule has 1 aromatic rings. The molecule has 0 fully saturated rings. The molecule has 0 heterocycles. The van der Waals surface area contributed by atoms with Crippen LogP contribution in [0, 0.1) is 11.6 Å². The monoisotopic (exact) mass is 257 g/mol. The van der Waals surface area contributed by atoms with Crippen LogP contribution in [0.1, 0.15) is 12.5 Å². The van der Waals surface area contributed by atoms with Crippen LogP contribution in [0.2, 0.25) is 0 Å². The van der Waals surface area contributed by atoms with Crippen molar-refractivity contribution in [2.24, 2.45) is 0 Å². The van der Waals surface area contributed by atoms with Gasteiger partial charge in [0.25, 0.3) is 0 Å². The highest BCUT2D eigenvalue weighted by Crippen LogP contribution is 2.08. The first-order valence-corrected chi connectivity index (χ1v) is 5.39. The quantitative estimate of drug-likeness (QED) is 0.806. The Hall–Kier alpha value is -1.98. The van der Waals surface area contributed by atoms with Crippen molar-refractivity contribution in [2.75, 3.05) is 13.2 Å². The van der Waals surface area contributed by atoms with E-state index in [0.29, 0.717) is 5.56 Å². The molecule has 0 aromatic heterocycles. The molecule has 0 atom stereocenters. The maximum absolute atomic E-state index is 12.9. The van der Waals surface area contributed by atoms with Crippen molar-refractivity contribution in [1.82, 2.24) is 5.32 Å². The summed E-state index contributed by atoms with van der Waals surface area (Å²) in [6, 6.07) is 3.20. The van der Waals surface area contributed by atoms with Gasteiger partial charge in [0.05, 0.1) is 13.0 Å². The van der Waals surface area contributed by atoms with Crippen LogP contribution in [0.4, 0.5) is 8.78 Å². The number of carbonyl (C=O) groups excluding carboxylic acids is 2. The van der Waals surface area contributed by atoms with Crippen molar-refractivity contribution in [1.29, 1.82) is 0 Å². The highest BCUT2D eigenvalue weighted by molar-refractivity contribution is 5.83. The molecule has 0 radical (unpaired) electrons. The Balaban J connectivity index is 2.44. The van der Waals surface area contributed by atoms with Crippen LogP contribution >= 0.6 is 0 Å². The lowest BCUT2D eigenvalue weighted by Gasteiger charge is -2.05. The third kappa shape index (κ3) is 4.48. The number of amides is 1. The summed E-state index contributed by atoms with van der Waals surface area (Å²) in [5.41, 5.74) is 0.329. The molecule has 0 aliphatic heterocycles. The predicted octanol–water partition coefficient (Wildman–Crippen LogP) is 1.19. The van der Waals surface area contributed by atoms with Gasteiger partial charge in [0.2, 0.25) is 5.91 Å². The number of hydrogen-bond donors (Lipinski definition) is 1. The zero-order valence-electron chi connectivity index (χ0n) is 9.83. The molecular weight excluding hydrogens is 244 g/mol. The van der Waals surface area contributed by atoms with E-state index in [-0.39, 0.29) is 19.6 Å². The van der Waals surface area contributed by atoms with Crippen molar-refractivity contribution in [2.45, 2.75) is 13.3 Å². The number of halogens is 2. The van der Waals surface area contributed by atoms with Gasteiger partial charge < -0.3 is 10.1 Å². The molecule has 0 saturated carbocycles. The smallest absolute Gasteiger partial charge is 0.325 e. The molecule has 0 aliphatic carbocycles. The van der Waals surface area contributed by atoms with Crippen LogP contribution < -0.4 is 5.32 Å². The number of ether oxygens (including phenoxy) is 1. The molecule has 18 heavy (non-hydrogen) atoms. The number of hydrogen-bond acceptors (Lipinski definition) is 3. The Morgan fingerprint density at radius 2 is 2.00 bits per heavy atom. The van der Waals surface area contributed by atoms with Gasteiger partial charge in [-0.25, -0.2) is 8.78 Å². The van der Waals surface area contributed by atoms with Gasteiger partial charge >= 0.3 is 5.97 Å². The zero-order chi connectivity index (χ0) is 13.5. The molecule has 98 valence electrons. The van der Waals surface area contributed by atoms with Gasteiger partial charge in [-0.2, -0.15) is 0 Å². The minimum atomic E-state index is -1.01. The maximum atomic E-state index is 12.9. The van der Waals surface area contributed by atoms with E-state index in [1.807, 2.05) is 0 Å². The molecule has 0 spiro atoms. The van der Waals surface area contributed by atoms with Crippen LogP contribution in [-0.2, 0) is 20.7 Å². The Morgan fingerprint density at radius 1 is 1.28 bits per heavy atom. The topological polar surface area (TPSA) is 55.4 Å². The predicted molar refractivity (Wildman–Crippen MR) is 59.7 cm³/mol. The third-order valence-electron chi connectivity index (χ3n) is 2.08. The van der Waals surface area contributed by atoms with Crippen LogP contribution in [0.5, 0.6) is 0 Å². The average Bonchev–Trinajstić information content (AvgIpc) is 2.32. The molecule has 1 N–H and O–H groups in total. The second kappa shape index (κ2) is 6.68. The number of nitrogens with one attached hydrogen (secondary N) is 1. The molecule has 0 aliphatic rings. The van der Waals surface area contributed by atoms with Crippen LogP contribution in [0.25, 0.3) is 0 Å². The molecule has 1 rings (SSSR count). The second-order valence-electron chi connectivity index (χ2n) is 3.51. The number of carbonyl (C=O) groups is 2. The van der Waals surface area contributed by atoms with Gasteiger partial charge in [-0.05, 0) is 24.6 Å². The fourth-order valence-electron chi connectivity index (χ4n) is 1.28. The van der Waals surface area contributed by atoms with E-state index < -0.39 is 23.5 Å². The first kappa shape index (κ1) is 14.1. The lowest BCUT2D eigenvalue weighted by molar-refractivity contribution is -0.143. The van der Waals surface area contributed by atoms with Crippen molar-refractivity contribution < 1.29 is 23.1 Å². The van der Waals surface area contributed by atoms with Crippen LogP contribution in [-0.4, -0.2) is 25.0 Å². The molecule has 6 heteroatoms. The van der Waals surface area contributed by atoms with Crippen molar-refractivity contribution >= 4 is 11.9 Å². The van der Waals surface area contributed by atoms with Gasteiger partial charge in [0.1, 0.15) is 6.54 Å². The Morgan fingerprint density at radius 3 is 2.61 bits per heavy atom. The van der Waals surface area contributed by atoms with E-state index in [2.05, 4.69) is 10.1 Å². The van der Waals surface area contributed by atoms with Gasteiger partial charge in [0.15, 0.2) is 11.6 Å². The van der Waals surface area contributed by atoms with E-state index in [9.17, 15) is 18.4 Å². The lowest BCUT2D eigenvalue weighted by atomic mass is 10.1. The molecular formula is C12H13F2NO3. The highest BCUT2D eigenvalue weighted by atomic mass is 19.2. The fourth-order valence-corrected chi connectivity index (χ4v) is 1.28. The minimum Gasteiger partial charge on any atom is -0.465 e. The van der Waals surface area contributed by atoms with Gasteiger partial charge in [0, 0.05) is 0 Å². The van der Waals surface area contributed by atoms with Crippen LogP contribution in [0.15, 0.2) is 18.2 Å². The van der Waals surface area contributed by atoms with Gasteiger partial charge in [-0.1, -0.05) is 6.07 Å². The number of benzene rings is 1. The molecule has 1 amide bonds. The normalized spacial score (nSPS) is 9.94. The summed E-state index contributed by atoms with van der Waals surface area (Å²) in [4.78, 5) is 22.3. The van der Waals surface area contributed by atoms with E-state index >= 15 is 0 Å². The second-order valence-corrected chi connectivity index (χ2v) is 3.51. The fraction of sp³-hybridized carbons (Fsp3) is 0.333. The lowest BCUT2D eigenvalue weighted by Crippen LogP contribution is -2.31. The molecule has 0 unspecified atom stereocenters. The largest absolute Gasteiger partial charge is 0.465 e. The summed E-state index contributed by atoms with van der Waals surface area (Å²) in [6.45, 7) is 1.65. The SMILES string of the molecule is CCOC(=O)CNC(=O)Cc1ccc(F)c(F)c1. The molecule has 0 saturated heterocycles. The first-order valence-electron chi connectivity index (χ1n) is 5.39. The van der Waals surface area contributed by atoms with Crippen molar-refractivity contribution in [3.63, 3.8) is 0 Å². The molecule has 4 nitrogen and oxygen atoms in total. The third-order valence-corrected chi connectivity index (χ3v) is 2.08. The maximum Gasteiger partial charge on any atom is 0.325 e. The summed E-state index contributed by atoms with van der Waals surface area (Å²) >= 11 is 0. The van der Waals surface area contributed by atoms with E-state index in [1.54, 1.807) is 6.92 Å². The van der Waals surface area contributed by atoms with Crippen molar-refractivity contribution in [3.05, 3.63) is 35.4 Å². The Kier molecular flexibility index (Phi) is 5.23. The number of rotatable bonds is 5.